The van der Waals surface area contributed by atoms with Crippen molar-refractivity contribution in [3.63, 3.8) is 0 Å². The van der Waals surface area contributed by atoms with Crippen LogP contribution in [0.4, 0.5) is 0 Å². The molecular weight excluding hydrogens is 260 g/mol. The van der Waals surface area contributed by atoms with Crippen molar-refractivity contribution in [2.24, 2.45) is 5.92 Å². The predicted molar refractivity (Wildman–Crippen MR) is 86.6 cm³/mol. The van der Waals surface area contributed by atoms with E-state index in [9.17, 15) is 0 Å². The zero-order valence-electron chi connectivity index (χ0n) is 13.6. The van der Waals surface area contributed by atoms with Crippen molar-refractivity contribution >= 4 is 0 Å². The lowest BCUT2D eigenvalue weighted by Crippen LogP contribution is -2.62. The van der Waals surface area contributed by atoms with Gasteiger partial charge in [0, 0.05) is 31.2 Å². The van der Waals surface area contributed by atoms with Crippen molar-refractivity contribution in [2.45, 2.75) is 51.2 Å². The van der Waals surface area contributed by atoms with Gasteiger partial charge >= 0.3 is 0 Å². The number of ether oxygens (including phenoxy) is 1. The van der Waals surface area contributed by atoms with E-state index in [2.05, 4.69) is 42.3 Å². The van der Waals surface area contributed by atoms with E-state index < -0.39 is 0 Å². The Morgan fingerprint density at radius 2 is 2.19 bits per heavy atom. The molecule has 3 nitrogen and oxygen atoms in total. The van der Waals surface area contributed by atoms with Crippen molar-refractivity contribution in [3.8, 4) is 5.75 Å². The molecule has 1 saturated carbocycles. The Morgan fingerprint density at radius 1 is 1.38 bits per heavy atom. The molecule has 0 spiro atoms. The van der Waals surface area contributed by atoms with Crippen molar-refractivity contribution in [3.05, 3.63) is 29.8 Å². The average Bonchev–Trinajstić information content (AvgIpc) is 3.32. The molecule has 0 amide bonds. The number of hydrogen-bond donors (Lipinski definition) is 1. The molecule has 0 aromatic heterocycles. The summed E-state index contributed by atoms with van der Waals surface area (Å²) in [7, 11) is 1.74. The topological polar surface area (TPSA) is 24.5 Å². The number of nitrogens with one attached hydrogen (secondary N) is 1. The SMILES string of the molecule is CCC1(C)CN(Cc2cccc(OC)c2)C(C2CC2)CN1. The lowest BCUT2D eigenvalue weighted by atomic mass is 9.91. The van der Waals surface area contributed by atoms with Gasteiger partial charge in [-0.25, -0.2) is 0 Å². The van der Waals surface area contributed by atoms with Gasteiger partial charge in [0.25, 0.3) is 0 Å². The van der Waals surface area contributed by atoms with E-state index >= 15 is 0 Å². The molecule has 21 heavy (non-hydrogen) atoms. The highest BCUT2D eigenvalue weighted by Crippen LogP contribution is 2.38. The third-order valence-corrected chi connectivity index (χ3v) is 5.23. The van der Waals surface area contributed by atoms with Gasteiger partial charge in [-0.1, -0.05) is 19.1 Å². The zero-order chi connectivity index (χ0) is 14.9. The monoisotopic (exact) mass is 288 g/mol. The molecule has 3 heteroatoms. The van der Waals surface area contributed by atoms with Gasteiger partial charge in [0.05, 0.1) is 7.11 Å². The van der Waals surface area contributed by atoms with Crippen LogP contribution in [0.5, 0.6) is 5.75 Å². The van der Waals surface area contributed by atoms with Crippen LogP contribution in [-0.2, 0) is 6.54 Å². The highest BCUT2D eigenvalue weighted by Gasteiger charge is 2.41. The van der Waals surface area contributed by atoms with E-state index in [0.29, 0.717) is 6.04 Å². The van der Waals surface area contributed by atoms with E-state index in [1.54, 1.807) is 7.11 Å². The first kappa shape index (κ1) is 14.9. The molecule has 2 atom stereocenters. The molecule has 1 aromatic rings. The van der Waals surface area contributed by atoms with Crippen molar-refractivity contribution in [2.75, 3.05) is 20.2 Å². The molecule has 1 saturated heterocycles. The summed E-state index contributed by atoms with van der Waals surface area (Å²) in [6.45, 7) is 7.96. The smallest absolute Gasteiger partial charge is 0.119 e. The second kappa shape index (κ2) is 5.98. The van der Waals surface area contributed by atoms with Gasteiger partial charge in [0.1, 0.15) is 5.75 Å². The Morgan fingerprint density at radius 3 is 2.86 bits per heavy atom. The second-order valence-corrected chi connectivity index (χ2v) is 6.96. The van der Waals surface area contributed by atoms with E-state index in [1.807, 2.05) is 6.07 Å². The van der Waals surface area contributed by atoms with E-state index in [0.717, 1.165) is 31.3 Å². The van der Waals surface area contributed by atoms with Crippen LogP contribution < -0.4 is 10.1 Å². The van der Waals surface area contributed by atoms with E-state index in [-0.39, 0.29) is 5.54 Å². The first-order valence-electron chi connectivity index (χ1n) is 8.25. The fourth-order valence-corrected chi connectivity index (χ4v) is 3.46. The summed E-state index contributed by atoms with van der Waals surface area (Å²) in [6.07, 6.45) is 3.99. The summed E-state index contributed by atoms with van der Waals surface area (Å²) >= 11 is 0. The van der Waals surface area contributed by atoms with Crippen LogP contribution in [0.15, 0.2) is 24.3 Å². The Balaban J connectivity index is 1.75. The normalized spacial score (nSPS) is 30.3. The molecule has 1 heterocycles. The molecule has 116 valence electrons. The summed E-state index contributed by atoms with van der Waals surface area (Å²) in [5.74, 6) is 1.87. The standard InChI is InChI=1S/C18H28N2O/c1-4-18(2)13-20(17(11-19-18)15-8-9-15)12-14-6-5-7-16(10-14)21-3/h5-7,10,15,17,19H,4,8-9,11-13H2,1-3H3. The molecule has 1 N–H and O–H groups in total. The maximum Gasteiger partial charge on any atom is 0.119 e. The Bertz CT molecular complexity index is 486. The van der Waals surface area contributed by atoms with Crippen LogP contribution in [0.3, 0.4) is 0 Å². The van der Waals surface area contributed by atoms with Crippen LogP contribution in [-0.4, -0.2) is 36.7 Å². The highest BCUT2D eigenvalue weighted by atomic mass is 16.5. The largest absolute Gasteiger partial charge is 0.497 e. The number of methoxy groups -OCH3 is 1. The first-order valence-corrected chi connectivity index (χ1v) is 8.25. The van der Waals surface area contributed by atoms with Gasteiger partial charge in [-0.2, -0.15) is 0 Å². The fraction of sp³-hybridized carbons (Fsp3) is 0.667. The van der Waals surface area contributed by atoms with Gasteiger partial charge < -0.3 is 10.1 Å². The molecule has 2 fully saturated rings. The van der Waals surface area contributed by atoms with Crippen LogP contribution in [0.25, 0.3) is 0 Å². The molecule has 2 aliphatic rings. The van der Waals surface area contributed by atoms with Crippen molar-refractivity contribution in [1.82, 2.24) is 10.2 Å². The minimum atomic E-state index is 0.254. The summed E-state index contributed by atoms with van der Waals surface area (Å²) in [4.78, 5) is 2.70. The molecule has 1 aromatic carbocycles. The molecule has 0 radical (unpaired) electrons. The molecule has 1 aliphatic carbocycles. The van der Waals surface area contributed by atoms with Gasteiger partial charge in [-0.3, -0.25) is 4.90 Å². The average molecular weight is 288 g/mol. The number of piperazine rings is 1. The van der Waals surface area contributed by atoms with E-state index in [1.165, 1.54) is 24.8 Å². The maximum absolute atomic E-state index is 5.36. The zero-order valence-corrected chi connectivity index (χ0v) is 13.6. The summed E-state index contributed by atoms with van der Waals surface area (Å²) < 4.78 is 5.36. The number of nitrogens with zero attached hydrogens (tertiary/aromatic N) is 1. The third kappa shape index (κ3) is 3.41. The molecular formula is C18H28N2O. The second-order valence-electron chi connectivity index (χ2n) is 6.96. The lowest BCUT2D eigenvalue weighted by molar-refractivity contribution is 0.0662. The quantitative estimate of drug-likeness (QED) is 0.901. The minimum Gasteiger partial charge on any atom is -0.497 e. The highest BCUT2D eigenvalue weighted by molar-refractivity contribution is 5.28. The number of rotatable bonds is 5. The van der Waals surface area contributed by atoms with E-state index in [4.69, 9.17) is 4.74 Å². The van der Waals surface area contributed by atoms with Crippen molar-refractivity contribution in [1.29, 1.82) is 0 Å². The molecule has 0 bridgehead atoms. The lowest BCUT2D eigenvalue weighted by Gasteiger charge is -2.46. The fourth-order valence-electron chi connectivity index (χ4n) is 3.46. The van der Waals surface area contributed by atoms with Gasteiger partial charge in [0.15, 0.2) is 0 Å². The van der Waals surface area contributed by atoms with Crippen LogP contribution >= 0.6 is 0 Å². The Labute approximate surface area is 128 Å². The summed E-state index contributed by atoms with van der Waals surface area (Å²) in [5, 5.41) is 3.79. The van der Waals surface area contributed by atoms with Crippen LogP contribution in [0.2, 0.25) is 0 Å². The third-order valence-electron chi connectivity index (χ3n) is 5.23. The Hall–Kier alpha value is -1.06. The van der Waals surface area contributed by atoms with Crippen LogP contribution in [0, 0.1) is 5.92 Å². The predicted octanol–water partition coefficient (Wildman–Crippen LogP) is 3.05. The van der Waals surface area contributed by atoms with Gasteiger partial charge in [0.2, 0.25) is 0 Å². The molecule has 2 unspecified atom stereocenters. The number of hydrogen-bond acceptors (Lipinski definition) is 3. The first-order chi connectivity index (χ1) is 10.1. The number of benzene rings is 1. The van der Waals surface area contributed by atoms with Gasteiger partial charge in [-0.05, 0) is 49.8 Å². The summed E-state index contributed by atoms with van der Waals surface area (Å²) in [5.41, 5.74) is 1.62. The van der Waals surface area contributed by atoms with Crippen LogP contribution in [0.1, 0.15) is 38.7 Å². The molecule has 1 aliphatic heterocycles. The Kier molecular flexibility index (Phi) is 4.23. The maximum atomic E-state index is 5.36. The minimum absolute atomic E-state index is 0.254. The summed E-state index contributed by atoms with van der Waals surface area (Å²) in [6, 6.07) is 9.22. The molecule has 3 rings (SSSR count). The van der Waals surface area contributed by atoms with Gasteiger partial charge in [-0.15, -0.1) is 0 Å². The van der Waals surface area contributed by atoms with Crippen molar-refractivity contribution < 1.29 is 4.74 Å².